The number of phenols is 1. The molecule has 0 bridgehead atoms. The molecule has 0 amide bonds. The van der Waals surface area contributed by atoms with Crippen molar-refractivity contribution in [1.82, 2.24) is 0 Å². The zero-order chi connectivity index (χ0) is 13.8. The van der Waals surface area contributed by atoms with Crippen LogP contribution in [0.15, 0.2) is 47.4 Å². The van der Waals surface area contributed by atoms with E-state index in [0.29, 0.717) is 5.56 Å². The maximum atomic E-state index is 13.0. The molecule has 4 heteroatoms. The number of hydrogen-bond acceptors (Lipinski definition) is 3. The van der Waals surface area contributed by atoms with Crippen LogP contribution in [0.5, 0.6) is 5.75 Å². The van der Waals surface area contributed by atoms with E-state index < -0.39 is 5.82 Å². The summed E-state index contributed by atoms with van der Waals surface area (Å²) in [5.41, 5.74) is 1.68. The predicted molar refractivity (Wildman–Crippen MR) is 78.3 cm³/mol. The van der Waals surface area contributed by atoms with Crippen molar-refractivity contribution < 1.29 is 9.50 Å². The Bertz CT molecular complexity index is 574. The number of phenolic OH excluding ortho intramolecular Hbond substituents is 1. The van der Waals surface area contributed by atoms with Gasteiger partial charge in [-0.25, -0.2) is 4.39 Å². The molecular weight excluding hydrogens is 261 g/mol. The lowest BCUT2D eigenvalue weighted by Crippen LogP contribution is -2.07. The van der Waals surface area contributed by atoms with Crippen LogP contribution < -0.4 is 5.32 Å². The molecule has 0 radical (unpaired) electrons. The summed E-state index contributed by atoms with van der Waals surface area (Å²) in [5, 5.41) is 13.1. The molecule has 2 N–H and O–H groups in total. The maximum absolute atomic E-state index is 13.0. The number of anilines is 1. The summed E-state index contributed by atoms with van der Waals surface area (Å²) in [4.78, 5) is 1.14. The second-order valence-corrected chi connectivity index (χ2v) is 5.12. The van der Waals surface area contributed by atoms with E-state index in [9.17, 15) is 9.50 Å². The highest BCUT2D eigenvalue weighted by atomic mass is 32.2. The van der Waals surface area contributed by atoms with E-state index in [1.165, 1.54) is 6.07 Å². The summed E-state index contributed by atoms with van der Waals surface area (Å²) in [6, 6.07) is 11.9. The molecule has 2 aromatic carbocycles. The minimum absolute atomic E-state index is 0.0263. The summed E-state index contributed by atoms with van der Waals surface area (Å²) < 4.78 is 13.0. The Balaban J connectivity index is 2.23. The highest BCUT2D eigenvalue weighted by Gasteiger charge is 2.12. The van der Waals surface area contributed by atoms with Gasteiger partial charge in [0.15, 0.2) is 0 Å². The van der Waals surface area contributed by atoms with E-state index in [-0.39, 0.29) is 11.8 Å². The second-order valence-electron chi connectivity index (χ2n) is 4.27. The van der Waals surface area contributed by atoms with Gasteiger partial charge in [-0.05, 0) is 31.4 Å². The van der Waals surface area contributed by atoms with Crippen LogP contribution in [0.3, 0.4) is 0 Å². The van der Waals surface area contributed by atoms with Gasteiger partial charge in [-0.2, -0.15) is 0 Å². The molecule has 0 aliphatic rings. The summed E-state index contributed by atoms with van der Waals surface area (Å²) in [7, 11) is 0. The van der Waals surface area contributed by atoms with Gasteiger partial charge >= 0.3 is 0 Å². The van der Waals surface area contributed by atoms with Gasteiger partial charge in [0.1, 0.15) is 11.6 Å². The third-order valence-electron chi connectivity index (χ3n) is 2.94. The second kappa shape index (κ2) is 5.97. The summed E-state index contributed by atoms with van der Waals surface area (Å²) >= 11 is 1.65. The molecule has 0 heterocycles. The van der Waals surface area contributed by atoms with Crippen molar-refractivity contribution in [3.05, 3.63) is 53.8 Å². The molecule has 0 saturated heterocycles. The van der Waals surface area contributed by atoms with E-state index >= 15 is 0 Å². The lowest BCUT2D eigenvalue weighted by molar-refractivity contribution is 0.459. The van der Waals surface area contributed by atoms with E-state index in [1.807, 2.05) is 37.4 Å². The highest BCUT2D eigenvalue weighted by Crippen LogP contribution is 2.31. The monoisotopic (exact) mass is 277 g/mol. The average molecular weight is 277 g/mol. The first-order chi connectivity index (χ1) is 9.11. The molecule has 0 spiro atoms. The maximum Gasteiger partial charge on any atom is 0.126 e. The Hall–Kier alpha value is -1.68. The molecule has 1 atom stereocenters. The van der Waals surface area contributed by atoms with Gasteiger partial charge < -0.3 is 10.4 Å². The topological polar surface area (TPSA) is 32.3 Å². The van der Waals surface area contributed by atoms with Crippen LogP contribution in [0.1, 0.15) is 18.5 Å². The SMILES string of the molecule is CSc1ccccc1NC(C)c1ccc(F)cc1O. The Morgan fingerprint density at radius 2 is 1.95 bits per heavy atom. The number of nitrogens with one attached hydrogen (secondary N) is 1. The highest BCUT2D eigenvalue weighted by molar-refractivity contribution is 7.98. The number of aromatic hydroxyl groups is 1. The van der Waals surface area contributed by atoms with Crippen LogP contribution in [-0.2, 0) is 0 Å². The van der Waals surface area contributed by atoms with Crippen molar-refractivity contribution in [2.45, 2.75) is 17.9 Å². The molecule has 2 rings (SSSR count). The van der Waals surface area contributed by atoms with Crippen LogP contribution >= 0.6 is 11.8 Å². The van der Waals surface area contributed by atoms with Gasteiger partial charge in [-0.15, -0.1) is 11.8 Å². The first-order valence-corrected chi connectivity index (χ1v) is 7.22. The third kappa shape index (κ3) is 3.20. The molecule has 2 nitrogen and oxygen atoms in total. The van der Waals surface area contributed by atoms with Gasteiger partial charge in [0, 0.05) is 22.2 Å². The van der Waals surface area contributed by atoms with Gasteiger partial charge in [0.05, 0.1) is 6.04 Å². The van der Waals surface area contributed by atoms with Crippen LogP contribution in [0.25, 0.3) is 0 Å². The van der Waals surface area contributed by atoms with Crippen LogP contribution in [-0.4, -0.2) is 11.4 Å². The zero-order valence-corrected chi connectivity index (χ0v) is 11.7. The molecule has 0 aliphatic carbocycles. The number of thioether (sulfide) groups is 1. The standard InChI is InChI=1S/C15H16FNOS/c1-10(12-8-7-11(16)9-14(12)18)17-13-5-3-4-6-15(13)19-2/h3-10,17-18H,1-2H3. The summed E-state index contributed by atoms with van der Waals surface area (Å²) in [5.74, 6) is -0.459. The molecule has 100 valence electrons. The predicted octanol–water partition coefficient (Wildman–Crippen LogP) is 4.43. The fourth-order valence-corrected chi connectivity index (χ4v) is 2.52. The van der Waals surface area contributed by atoms with Gasteiger partial charge in [0.2, 0.25) is 0 Å². The number of benzene rings is 2. The Kier molecular flexibility index (Phi) is 4.32. The smallest absolute Gasteiger partial charge is 0.126 e. The zero-order valence-electron chi connectivity index (χ0n) is 10.9. The van der Waals surface area contributed by atoms with E-state index in [2.05, 4.69) is 5.32 Å². The number of halogens is 1. The Morgan fingerprint density at radius 1 is 1.21 bits per heavy atom. The van der Waals surface area contributed by atoms with Gasteiger partial charge in [-0.1, -0.05) is 18.2 Å². The van der Waals surface area contributed by atoms with Gasteiger partial charge in [-0.3, -0.25) is 0 Å². The minimum Gasteiger partial charge on any atom is -0.507 e. The van der Waals surface area contributed by atoms with E-state index in [4.69, 9.17) is 0 Å². The van der Waals surface area contributed by atoms with Crippen molar-refractivity contribution in [2.24, 2.45) is 0 Å². The first-order valence-electron chi connectivity index (χ1n) is 6.00. The van der Waals surface area contributed by atoms with Crippen molar-refractivity contribution in [2.75, 3.05) is 11.6 Å². The van der Waals surface area contributed by atoms with Crippen LogP contribution in [0.2, 0.25) is 0 Å². The summed E-state index contributed by atoms with van der Waals surface area (Å²) in [6.45, 7) is 1.93. The first kappa shape index (κ1) is 13.7. The largest absolute Gasteiger partial charge is 0.507 e. The molecule has 0 aromatic heterocycles. The number of hydrogen-bond donors (Lipinski definition) is 2. The number of para-hydroxylation sites is 1. The van der Waals surface area contributed by atoms with Crippen LogP contribution in [0, 0.1) is 5.82 Å². The lowest BCUT2D eigenvalue weighted by atomic mass is 10.1. The summed E-state index contributed by atoms with van der Waals surface area (Å²) in [6.07, 6.45) is 2.01. The Labute approximate surface area is 116 Å². The molecule has 19 heavy (non-hydrogen) atoms. The average Bonchev–Trinajstić information content (AvgIpc) is 2.39. The quantitative estimate of drug-likeness (QED) is 0.811. The lowest BCUT2D eigenvalue weighted by Gasteiger charge is -2.18. The number of rotatable bonds is 4. The van der Waals surface area contributed by atoms with Gasteiger partial charge in [0.25, 0.3) is 0 Å². The molecular formula is C15H16FNOS. The fourth-order valence-electron chi connectivity index (χ4n) is 1.96. The molecule has 1 unspecified atom stereocenters. The van der Waals surface area contributed by atoms with Crippen molar-refractivity contribution in [3.8, 4) is 5.75 Å². The van der Waals surface area contributed by atoms with Crippen molar-refractivity contribution in [3.63, 3.8) is 0 Å². The molecule has 0 fully saturated rings. The fraction of sp³-hybridized carbons (Fsp3) is 0.200. The molecule has 2 aromatic rings. The van der Waals surface area contributed by atoms with Crippen molar-refractivity contribution >= 4 is 17.4 Å². The molecule has 0 saturated carbocycles. The minimum atomic E-state index is -0.432. The van der Waals surface area contributed by atoms with E-state index in [0.717, 1.165) is 16.6 Å². The van der Waals surface area contributed by atoms with E-state index in [1.54, 1.807) is 17.8 Å². The van der Waals surface area contributed by atoms with Crippen molar-refractivity contribution in [1.29, 1.82) is 0 Å². The normalized spacial score (nSPS) is 12.2. The Morgan fingerprint density at radius 3 is 2.63 bits per heavy atom. The van der Waals surface area contributed by atoms with Crippen LogP contribution in [0.4, 0.5) is 10.1 Å². The third-order valence-corrected chi connectivity index (χ3v) is 3.73. The molecule has 0 aliphatic heterocycles.